The van der Waals surface area contributed by atoms with Crippen LogP contribution >= 0.6 is 0 Å². The maximum Gasteiger partial charge on any atom is 0.224 e. The predicted octanol–water partition coefficient (Wildman–Crippen LogP) is 3.65. The summed E-state index contributed by atoms with van der Waals surface area (Å²) in [5.74, 6) is 0.759. The molecule has 1 amide bonds. The van der Waals surface area contributed by atoms with Gasteiger partial charge < -0.3 is 10.6 Å². The van der Waals surface area contributed by atoms with Crippen LogP contribution in [0.3, 0.4) is 0 Å². The van der Waals surface area contributed by atoms with E-state index in [9.17, 15) is 4.79 Å². The summed E-state index contributed by atoms with van der Waals surface area (Å²) in [7, 11) is 0. The van der Waals surface area contributed by atoms with Crippen molar-refractivity contribution in [2.75, 3.05) is 0 Å². The van der Waals surface area contributed by atoms with Crippen molar-refractivity contribution in [2.45, 2.75) is 85.4 Å². The van der Waals surface area contributed by atoms with Crippen molar-refractivity contribution in [1.82, 2.24) is 10.6 Å². The van der Waals surface area contributed by atoms with Gasteiger partial charge in [0.1, 0.15) is 0 Å². The van der Waals surface area contributed by atoms with Crippen LogP contribution in [0, 0.1) is 17.3 Å². The first-order valence-electron chi connectivity index (χ1n) is 8.59. The maximum atomic E-state index is 12.7. The van der Waals surface area contributed by atoms with E-state index in [1.165, 1.54) is 5.57 Å². The van der Waals surface area contributed by atoms with E-state index in [1.54, 1.807) is 0 Å². The summed E-state index contributed by atoms with van der Waals surface area (Å²) in [5, 5.41) is 7.01. The van der Waals surface area contributed by atoms with Gasteiger partial charge in [0.05, 0.1) is 5.92 Å². The highest BCUT2D eigenvalue weighted by atomic mass is 16.2. The van der Waals surface area contributed by atoms with Crippen LogP contribution in [0.1, 0.15) is 68.2 Å². The zero-order valence-electron chi connectivity index (χ0n) is 15.6. The predicted molar refractivity (Wildman–Crippen MR) is 92.7 cm³/mol. The molecule has 1 aliphatic heterocycles. The number of carbonyl (C=O) groups is 1. The molecule has 0 aromatic heterocycles. The number of allylic oxidation sites excluding steroid dienone is 2. The molecule has 1 heterocycles. The van der Waals surface area contributed by atoms with E-state index in [4.69, 9.17) is 0 Å². The Labute approximate surface area is 136 Å². The van der Waals surface area contributed by atoms with Crippen LogP contribution in [0.25, 0.3) is 0 Å². The quantitative estimate of drug-likeness (QED) is 0.781. The van der Waals surface area contributed by atoms with E-state index in [0.717, 1.165) is 12.8 Å². The minimum Gasteiger partial charge on any atom is -0.353 e. The minimum absolute atomic E-state index is 0.0675. The zero-order chi connectivity index (χ0) is 16.9. The van der Waals surface area contributed by atoms with Crippen LogP contribution in [0.5, 0.6) is 0 Å². The fourth-order valence-electron chi connectivity index (χ4n) is 4.56. The Morgan fingerprint density at radius 3 is 2.00 bits per heavy atom. The number of hydrogen-bond acceptors (Lipinski definition) is 2. The maximum absolute atomic E-state index is 12.7. The van der Waals surface area contributed by atoms with Crippen molar-refractivity contribution < 1.29 is 4.79 Å². The van der Waals surface area contributed by atoms with Crippen molar-refractivity contribution >= 4 is 5.91 Å². The molecule has 3 heteroatoms. The van der Waals surface area contributed by atoms with Crippen LogP contribution in [0.15, 0.2) is 11.6 Å². The molecular weight excluding hydrogens is 272 g/mol. The van der Waals surface area contributed by atoms with Gasteiger partial charge in [-0.05, 0) is 65.7 Å². The van der Waals surface area contributed by atoms with Crippen molar-refractivity contribution in [1.29, 1.82) is 0 Å². The highest BCUT2D eigenvalue weighted by Crippen LogP contribution is 2.59. The molecule has 1 aliphatic carbocycles. The molecule has 126 valence electrons. The lowest BCUT2D eigenvalue weighted by Crippen LogP contribution is -2.62. The molecule has 3 nitrogen and oxygen atoms in total. The summed E-state index contributed by atoms with van der Waals surface area (Å²) >= 11 is 0. The molecule has 0 spiro atoms. The van der Waals surface area contributed by atoms with Crippen molar-refractivity contribution in [3.63, 3.8) is 0 Å². The Morgan fingerprint density at radius 2 is 1.55 bits per heavy atom. The Kier molecular flexibility index (Phi) is 4.27. The third-order valence-electron chi connectivity index (χ3n) is 5.24. The first-order valence-corrected chi connectivity index (χ1v) is 8.59. The summed E-state index contributed by atoms with van der Waals surface area (Å²) in [6.07, 6.45) is 4.24. The second-order valence-electron chi connectivity index (χ2n) is 9.58. The third kappa shape index (κ3) is 3.73. The highest BCUT2D eigenvalue weighted by molar-refractivity contribution is 5.84. The van der Waals surface area contributed by atoms with Gasteiger partial charge in [0.2, 0.25) is 5.91 Å². The van der Waals surface area contributed by atoms with Crippen LogP contribution < -0.4 is 10.6 Å². The van der Waals surface area contributed by atoms with Gasteiger partial charge in [-0.15, -0.1) is 0 Å². The Balaban J connectivity index is 2.02. The summed E-state index contributed by atoms with van der Waals surface area (Å²) in [4.78, 5) is 12.7. The number of hydrogen-bond donors (Lipinski definition) is 2. The number of piperidine rings is 1. The zero-order valence-corrected chi connectivity index (χ0v) is 15.6. The number of rotatable bonds is 3. The van der Waals surface area contributed by atoms with Crippen molar-refractivity contribution in [2.24, 2.45) is 17.3 Å². The first-order chi connectivity index (χ1) is 9.84. The van der Waals surface area contributed by atoms with Gasteiger partial charge in [0, 0.05) is 17.1 Å². The highest BCUT2D eigenvalue weighted by Gasteiger charge is 2.60. The number of carbonyl (C=O) groups excluding carboxylic acids is 1. The summed E-state index contributed by atoms with van der Waals surface area (Å²) < 4.78 is 0. The van der Waals surface area contributed by atoms with Gasteiger partial charge >= 0.3 is 0 Å². The first kappa shape index (κ1) is 17.5. The lowest BCUT2D eigenvalue weighted by molar-refractivity contribution is -0.124. The van der Waals surface area contributed by atoms with Crippen LogP contribution in [-0.4, -0.2) is 23.0 Å². The lowest BCUT2D eigenvalue weighted by Gasteiger charge is -2.46. The molecule has 22 heavy (non-hydrogen) atoms. The molecule has 0 bridgehead atoms. The fourth-order valence-corrected chi connectivity index (χ4v) is 4.56. The van der Waals surface area contributed by atoms with E-state index < -0.39 is 0 Å². The second kappa shape index (κ2) is 5.36. The Bertz CT molecular complexity index is 468. The average Bonchev–Trinajstić information content (AvgIpc) is 2.73. The van der Waals surface area contributed by atoms with Crippen LogP contribution in [0.2, 0.25) is 0 Å². The molecule has 2 atom stereocenters. The lowest BCUT2D eigenvalue weighted by atomic mass is 9.79. The van der Waals surface area contributed by atoms with Crippen LogP contribution in [-0.2, 0) is 4.79 Å². The van der Waals surface area contributed by atoms with E-state index in [-0.39, 0.29) is 34.4 Å². The van der Waals surface area contributed by atoms with Crippen molar-refractivity contribution in [3.8, 4) is 0 Å². The molecule has 0 aromatic rings. The molecule has 1 saturated heterocycles. The Hall–Kier alpha value is -0.830. The molecule has 2 aliphatic rings. The van der Waals surface area contributed by atoms with Gasteiger partial charge in [0.15, 0.2) is 0 Å². The molecule has 0 unspecified atom stereocenters. The van der Waals surface area contributed by atoms with Crippen LogP contribution in [0.4, 0.5) is 0 Å². The Morgan fingerprint density at radius 1 is 1.05 bits per heavy atom. The topological polar surface area (TPSA) is 41.1 Å². The average molecular weight is 306 g/mol. The fraction of sp³-hybridized carbons (Fsp3) is 0.842. The van der Waals surface area contributed by atoms with Crippen molar-refractivity contribution in [3.05, 3.63) is 11.6 Å². The third-order valence-corrected chi connectivity index (χ3v) is 5.24. The van der Waals surface area contributed by atoms with E-state index in [2.05, 4.69) is 72.1 Å². The number of amides is 1. The van der Waals surface area contributed by atoms with E-state index >= 15 is 0 Å². The molecule has 2 rings (SSSR count). The second-order valence-corrected chi connectivity index (χ2v) is 9.58. The largest absolute Gasteiger partial charge is 0.353 e. The van der Waals surface area contributed by atoms with Gasteiger partial charge in [-0.25, -0.2) is 0 Å². The van der Waals surface area contributed by atoms with Gasteiger partial charge in [-0.2, -0.15) is 0 Å². The van der Waals surface area contributed by atoms with E-state index in [0.29, 0.717) is 5.92 Å². The minimum atomic E-state index is 0.0675. The summed E-state index contributed by atoms with van der Waals surface area (Å²) in [6.45, 7) is 17.5. The summed E-state index contributed by atoms with van der Waals surface area (Å²) in [5.41, 5.74) is 1.53. The smallest absolute Gasteiger partial charge is 0.224 e. The SMILES string of the molecule is CC(C)=C[C@H]1[C@H](C(=O)NC2CC(C)(C)NC(C)(C)C2)C1(C)C. The monoisotopic (exact) mass is 306 g/mol. The number of nitrogens with one attached hydrogen (secondary N) is 2. The summed E-state index contributed by atoms with van der Waals surface area (Å²) in [6, 6.07) is 0.266. The molecule has 1 saturated carbocycles. The molecule has 2 N–H and O–H groups in total. The molecule has 2 fully saturated rings. The molecular formula is C19H34N2O. The molecule has 0 aromatic carbocycles. The standard InChI is InChI=1S/C19H34N2O/c1-12(2)9-14-15(19(14,7)8)16(22)20-13-10-17(3,4)21-18(5,6)11-13/h9,13-15,21H,10-11H2,1-8H3,(H,20,22)/t14-,15+/m0/s1. The van der Waals surface area contributed by atoms with E-state index in [1.807, 2.05) is 0 Å². The molecule has 0 radical (unpaired) electrons. The van der Waals surface area contributed by atoms with Gasteiger partial charge in [-0.1, -0.05) is 25.5 Å². The normalized spacial score (nSPS) is 32.2. The van der Waals surface area contributed by atoms with Gasteiger partial charge in [-0.3, -0.25) is 4.79 Å². The van der Waals surface area contributed by atoms with Gasteiger partial charge in [0.25, 0.3) is 0 Å².